The Morgan fingerprint density at radius 3 is 2.81 bits per heavy atom. The van der Waals surface area contributed by atoms with Crippen molar-refractivity contribution in [3.05, 3.63) is 57.6 Å². The quantitative estimate of drug-likeness (QED) is 0.822. The van der Waals surface area contributed by atoms with Crippen LogP contribution >= 0.6 is 15.9 Å². The van der Waals surface area contributed by atoms with Gasteiger partial charge in [0.15, 0.2) is 0 Å². The fourth-order valence-corrected chi connectivity index (χ4v) is 3.19. The topological polar surface area (TPSA) is 72.4 Å². The molecule has 0 aliphatic carbocycles. The van der Waals surface area contributed by atoms with Gasteiger partial charge < -0.3 is 16.4 Å². The summed E-state index contributed by atoms with van der Waals surface area (Å²) in [5.41, 5.74) is 16.2. The highest BCUT2D eigenvalue weighted by molar-refractivity contribution is 9.10. The molecule has 4 N–H and O–H groups in total. The molecular formula is C16H16BrN3O. The Labute approximate surface area is 131 Å². The van der Waals surface area contributed by atoms with E-state index >= 15 is 0 Å². The van der Waals surface area contributed by atoms with Crippen LogP contribution in [0.1, 0.15) is 21.5 Å². The van der Waals surface area contributed by atoms with Gasteiger partial charge in [0.05, 0.1) is 5.56 Å². The minimum absolute atomic E-state index is 0.412. The summed E-state index contributed by atoms with van der Waals surface area (Å²) in [7, 11) is 0. The van der Waals surface area contributed by atoms with Gasteiger partial charge >= 0.3 is 0 Å². The van der Waals surface area contributed by atoms with E-state index in [9.17, 15) is 4.79 Å². The number of rotatable bonds is 2. The van der Waals surface area contributed by atoms with Crippen LogP contribution in [0.25, 0.3) is 0 Å². The summed E-state index contributed by atoms with van der Waals surface area (Å²) in [5.74, 6) is -0.412. The Bertz CT molecular complexity index is 715. The lowest BCUT2D eigenvalue weighted by Gasteiger charge is -2.32. The number of anilines is 2. The summed E-state index contributed by atoms with van der Waals surface area (Å²) in [6.07, 6.45) is 0.871. The van der Waals surface area contributed by atoms with Gasteiger partial charge in [0, 0.05) is 28.9 Å². The van der Waals surface area contributed by atoms with Crippen LogP contribution in [-0.4, -0.2) is 12.5 Å². The van der Waals surface area contributed by atoms with E-state index in [4.69, 9.17) is 11.5 Å². The maximum atomic E-state index is 11.7. The first-order valence-electron chi connectivity index (χ1n) is 6.77. The molecule has 0 radical (unpaired) electrons. The van der Waals surface area contributed by atoms with Gasteiger partial charge in [-0.3, -0.25) is 4.79 Å². The maximum absolute atomic E-state index is 11.7. The van der Waals surface area contributed by atoms with Crippen LogP contribution in [0.3, 0.4) is 0 Å². The fourth-order valence-electron chi connectivity index (χ4n) is 2.83. The number of hydrogen-bond acceptors (Lipinski definition) is 3. The molecule has 0 unspecified atom stereocenters. The van der Waals surface area contributed by atoms with Crippen molar-refractivity contribution in [1.82, 2.24) is 0 Å². The van der Waals surface area contributed by atoms with Gasteiger partial charge in [-0.05, 0) is 41.8 Å². The second-order valence-electron chi connectivity index (χ2n) is 5.18. The molecule has 2 aromatic carbocycles. The summed E-state index contributed by atoms with van der Waals surface area (Å²) in [4.78, 5) is 13.8. The lowest BCUT2D eigenvalue weighted by molar-refractivity contribution is 0.100. The van der Waals surface area contributed by atoms with Crippen LogP contribution < -0.4 is 16.4 Å². The Kier molecular flexibility index (Phi) is 3.59. The van der Waals surface area contributed by atoms with Gasteiger partial charge in [-0.25, -0.2) is 0 Å². The summed E-state index contributed by atoms with van der Waals surface area (Å²) in [6, 6.07) is 11.6. The second-order valence-corrected chi connectivity index (χ2v) is 6.10. The molecule has 2 aromatic rings. The zero-order valence-electron chi connectivity index (χ0n) is 11.5. The van der Waals surface area contributed by atoms with Crippen LogP contribution in [0.2, 0.25) is 0 Å². The average molecular weight is 346 g/mol. The summed E-state index contributed by atoms with van der Waals surface area (Å²) >= 11 is 3.38. The van der Waals surface area contributed by atoms with Crippen LogP contribution in [0.4, 0.5) is 11.4 Å². The molecule has 0 saturated carbocycles. The largest absolute Gasteiger partial charge is 0.398 e. The Morgan fingerprint density at radius 1 is 1.24 bits per heavy atom. The lowest BCUT2D eigenvalue weighted by Crippen LogP contribution is -2.32. The number of benzene rings is 2. The summed E-state index contributed by atoms with van der Waals surface area (Å²) < 4.78 is 0.849. The van der Waals surface area contributed by atoms with E-state index in [0.717, 1.165) is 35.4 Å². The van der Waals surface area contributed by atoms with Crippen molar-refractivity contribution in [3.8, 4) is 0 Å². The molecule has 1 heterocycles. The number of halogens is 1. The molecule has 5 heteroatoms. The molecule has 4 nitrogen and oxygen atoms in total. The minimum Gasteiger partial charge on any atom is -0.398 e. The molecular weight excluding hydrogens is 330 g/mol. The van der Waals surface area contributed by atoms with Crippen molar-refractivity contribution in [1.29, 1.82) is 0 Å². The molecule has 1 aliphatic rings. The molecule has 0 saturated heterocycles. The van der Waals surface area contributed by atoms with Crippen molar-refractivity contribution in [2.75, 3.05) is 17.2 Å². The molecule has 21 heavy (non-hydrogen) atoms. The molecule has 0 bridgehead atoms. The number of primary amides is 1. The maximum Gasteiger partial charge on any atom is 0.250 e. The molecule has 0 atom stereocenters. The predicted octanol–water partition coefficient (Wildman–Crippen LogP) is 2.69. The lowest BCUT2D eigenvalue weighted by atomic mass is 9.97. The van der Waals surface area contributed by atoms with Gasteiger partial charge in [0.2, 0.25) is 0 Å². The van der Waals surface area contributed by atoms with E-state index in [2.05, 4.69) is 26.9 Å². The number of fused-ring (bicyclic) bond motifs is 1. The predicted molar refractivity (Wildman–Crippen MR) is 88.3 cm³/mol. The highest BCUT2D eigenvalue weighted by Gasteiger charge is 2.21. The standard InChI is InChI=1S/C16H16BrN3O/c17-11-4-5-15(13(8-11)16(19)21)20-7-6-12-10(9-20)2-1-3-14(12)18/h1-5,8H,6-7,9,18H2,(H2,19,21). The number of hydrogen-bond donors (Lipinski definition) is 2. The number of nitrogens with zero attached hydrogens (tertiary/aromatic N) is 1. The Hall–Kier alpha value is -2.01. The van der Waals surface area contributed by atoms with E-state index in [1.807, 2.05) is 24.3 Å². The van der Waals surface area contributed by atoms with Gasteiger partial charge in [0.25, 0.3) is 5.91 Å². The molecule has 108 valence electrons. The third-order valence-electron chi connectivity index (χ3n) is 3.87. The number of carbonyl (C=O) groups is 1. The molecule has 0 spiro atoms. The molecule has 0 fully saturated rings. The smallest absolute Gasteiger partial charge is 0.250 e. The van der Waals surface area contributed by atoms with Crippen molar-refractivity contribution in [2.45, 2.75) is 13.0 Å². The normalized spacial score (nSPS) is 13.9. The van der Waals surface area contributed by atoms with Crippen LogP contribution in [0, 0.1) is 0 Å². The Morgan fingerprint density at radius 2 is 2.05 bits per heavy atom. The zero-order chi connectivity index (χ0) is 15.0. The summed E-state index contributed by atoms with van der Waals surface area (Å²) in [6.45, 7) is 1.56. The average Bonchev–Trinajstić information content (AvgIpc) is 2.47. The first kappa shape index (κ1) is 13.9. The van der Waals surface area contributed by atoms with E-state index in [-0.39, 0.29) is 0 Å². The first-order valence-corrected chi connectivity index (χ1v) is 7.56. The van der Waals surface area contributed by atoms with Gasteiger partial charge in [-0.1, -0.05) is 28.1 Å². The highest BCUT2D eigenvalue weighted by Crippen LogP contribution is 2.31. The fraction of sp³-hybridized carbons (Fsp3) is 0.188. The van der Waals surface area contributed by atoms with Crippen molar-refractivity contribution in [3.63, 3.8) is 0 Å². The number of nitrogens with two attached hydrogens (primary N) is 2. The molecule has 0 aromatic heterocycles. The van der Waals surface area contributed by atoms with Crippen molar-refractivity contribution in [2.24, 2.45) is 5.73 Å². The highest BCUT2D eigenvalue weighted by atomic mass is 79.9. The third kappa shape index (κ3) is 2.61. The van der Waals surface area contributed by atoms with Gasteiger partial charge in [0.1, 0.15) is 0 Å². The third-order valence-corrected chi connectivity index (χ3v) is 4.36. The van der Waals surface area contributed by atoms with E-state index in [1.165, 1.54) is 11.1 Å². The number of carbonyl (C=O) groups excluding carboxylic acids is 1. The second kappa shape index (κ2) is 5.41. The summed E-state index contributed by atoms with van der Waals surface area (Å²) in [5, 5.41) is 0. The zero-order valence-corrected chi connectivity index (χ0v) is 13.1. The number of amides is 1. The van der Waals surface area contributed by atoms with Crippen LogP contribution in [0.5, 0.6) is 0 Å². The van der Waals surface area contributed by atoms with Crippen molar-refractivity contribution < 1.29 is 4.79 Å². The van der Waals surface area contributed by atoms with E-state index < -0.39 is 5.91 Å². The number of nitrogen functional groups attached to an aromatic ring is 1. The Balaban J connectivity index is 1.99. The van der Waals surface area contributed by atoms with Gasteiger partial charge in [-0.15, -0.1) is 0 Å². The molecule has 1 amide bonds. The van der Waals surface area contributed by atoms with E-state index in [1.54, 1.807) is 6.07 Å². The molecule has 3 rings (SSSR count). The van der Waals surface area contributed by atoms with E-state index in [0.29, 0.717) is 5.56 Å². The van der Waals surface area contributed by atoms with Gasteiger partial charge in [-0.2, -0.15) is 0 Å². The monoisotopic (exact) mass is 345 g/mol. The molecule has 1 aliphatic heterocycles. The SMILES string of the molecule is NC(=O)c1cc(Br)ccc1N1CCc2c(N)cccc2C1. The van der Waals surface area contributed by atoms with Crippen LogP contribution in [-0.2, 0) is 13.0 Å². The minimum atomic E-state index is -0.412. The van der Waals surface area contributed by atoms with Crippen molar-refractivity contribution >= 4 is 33.2 Å². The van der Waals surface area contributed by atoms with Crippen LogP contribution in [0.15, 0.2) is 40.9 Å². The first-order chi connectivity index (χ1) is 10.1.